The molecule has 0 unspecified atom stereocenters. The van der Waals surface area contributed by atoms with Gasteiger partial charge in [-0.1, -0.05) is 18.2 Å². The van der Waals surface area contributed by atoms with Crippen LogP contribution in [0.15, 0.2) is 41.9 Å². The molecule has 0 spiro atoms. The largest absolute Gasteiger partial charge is 0.491 e. The molecule has 1 aliphatic rings. The lowest BCUT2D eigenvalue weighted by Gasteiger charge is -2.23. The lowest BCUT2D eigenvalue weighted by Crippen LogP contribution is -2.26. The number of fused-ring (bicyclic) bond motifs is 2. The third-order valence-electron chi connectivity index (χ3n) is 3.81. The molecule has 3 aromatic rings. The van der Waals surface area contributed by atoms with Gasteiger partial charge < -0.3 is 15.4 Å². The van der Waals surface area contributed by atoms with E-state index in [1.54, 1.807) is 11.3 Å². The summed E-state index contributed by atoms with van der Waals surface area (Å²) in [5, 5.41) is 0. The van der Waals surface area contributed by atoms with Crippen LogP contribution in [0.5, 0.6) is 5.75 Å². The number of anilines is 2. The van der Waals surface area contributed by atoms with Gasteiger partial charge in [-0.05, 0) is 18.2 Å². The fourth-order valence-corrected chi connectivity index (χ4v) is 3.44. The molecule has 0 bridgehead atoms. The van der Waals surface area contributed by atoms with E-state index in [4.69, 9.17) is 10.5 Å². The molecule has 4 rings (SSSR count). The number of aromatic nitrogens is 1. The number of nitrogens with zero attached hydrogens (tertiary/aromatic N) is 2. The zero-order chi connectivity index (χ0) is 14.2. The monoisotopic (exact) mass is 297 g/mol. The van der Waals surface area contributed by atoms with Crippen molar-refractivity contribution in [1.29, 1.82) is 0 Å². The SMILES string of the molecule is Nc1c(N2CCOc3ccccc3C2)ccc2scnc12. The van der Waals surface area contributed by atoms with Crippen molar-refractivity contribution in [3.63, 3.8) is 0 Å². The predicted molar refractivity (Wildman–Crippen MR) is 87.0 cm³/mol. The van der Waals surface area contributed by atoms with Crippen molar-refractivity contribution < 1.29 is 4.74 Å². The highest BCUT2D eigenvalue weighted by Crippen LogP contribution is 2.34. The lowest BCUT2D eigenvalue weighted by molar-refractivity contribution is 0.332. The van der Waals surface area contributed by atoms with Crippen molar-refractivity contribution in [3.8, 4) is 5.75 Å². The molecule has 5 heteroatoms. The van der Waals surface area contributed by atoms with Crippen LogP contribution in [0, 0.1) is 0 Å². The second-order valence-corrected chi connectivity index (χ2v) is 5.96. The fourth-order valence-electron chi connectivity index (χ4n) is 2.75. The third-order valence-corrected chi connectivity index (χ3v) is 4.61. The smallest absolute Gasteiger partial charge is 0.124 e. The molecule has 0 atom stereocenters. The van der Waals surface area contributed by atoms with Crippen LogP contribution >= 0.6 is 11.3 Å². The van der Waals surface area contributed by atoms with Crippen molar-refractivity contribution in [3.05, 3.63) is 47.5 Å². The molecule has 0 saturated heterocycles. The Morgan fingerprint density at radius 3 is 3.05 bits per heavy atom. The molecule has 1 aliphatic heterocycles. The minimum absolute atomic E-state index is 0.658. The highest BCUT2D eigenvalue weighted by molar-refractivity contribution is 7.16. The number of nitrogen functional groups attached to an aromatic ring is 1. The molecule has 2 aromatic carbocycles. The highest BCUT2D eigenvalue weighted by Gasteiger charge is 2.18. The maximum absolute atomic E-state index is 6.33. The lowest BCUT2D eigenvalue weighted by atomic mass is 10.1. The molecule has 4 nitrogen and oxygen atoms in total. The van der Waals surface area contributed by atoms with E-state index < -0.39 is 0 Å². The molecule has 21 heavy (non-hydrogen) atoms. The number of ether oxygens (including phenoxy) is 1. The molecule has 1 aromatic heterocycles. The Labute approximate surface area is 126 Å². The van der Waals surface area contributed by atoms with Crippen LogP contribution in [0.3, 0.4) is 0 Å². The average Bonchev–Trinajstić information content (AvgIpc) is 2.88. The van der Waals surface area contributed by atoms with Crippen molar-refractivity contribution >= 4 is 32.9 Å². The minimum atomic E-state index is 0.658. The van der Waals surface area contributed by atoms with Crippen LogP contribution in [0.1, 0.15) is 5.56 Å². The summed E-state index contributed by atoms with van der Waals surface area (Å²) in [6.07, 6.45) is 0. The Bertz CT molecular complexity index is 799. The normalized spacial score (nSPS) is 14.6. The Morgan fingerprint density at radius 2 is 2.10 bits per heavy atom. The first-order chi connectivity index (χ1) is 10.3. The van der Waals surface area contributed by atoms with Gasteiger partial charge in [0.1, 0.15) is 17.9 Å². The third kappa shape index (κ3) is 2.10. The first kappa shape index (κ1) is 12.5. The van der Waals surface area contributed by atoms with E-state index in [0.29, 0.717) is 6.61 Å². The number of benzene rings is 2. The van der Waals surface area contributed by atoms with Crippen molar-refractivity contribution in [2.75, 3.05) is 23.8 Å². The van der Waals surface area contributed by atoms with Gasteiger partial charge in [0.2, 0.25) is 0 Å². The first-order valence-electron chi connectivity index (χ1n) is 6.90. The van der Waals surface area contributed by atoms with E-state index >= 15 is 0 Å². The summed E-state index contributed by atoms with van der Waals surface area (Å²) in [6.45, 7) is 2.27. The van der Waals surface area contributed by atoms with Gasteiger partial charge in [0.25, 0.3) is 0 Å². The number of nitrogens with two attached hydrogens (primary N) is 1. The zero-order valence-electron chi connectivity index (χ0n) is 11.5. The molecule has 0 aliphatic carbocycles. The Hall–Kier alpha value is -2.27. The van der Waals surface area contributed by atoms with E-state index in [0.717, 1.165) is 40.4 Å². The molecule has 0 saturated carbocycles. The molecule has 2 heterocycles. The standard InChI is InChI=1S/C16H15N3OS/c17-15-12(5-6-14-16(15)18-10-21-14)19-7-8-20-13-4-2-1-3-11(13)9-19/h1-6,10H,7-9,17H2. The van der Waals surface area contributed by atoms with Gasteiger partial charge in [-0.3, -0.25) is 0 Å². The minimum Gasteiger partial charge on any atom is -0.491 e. The molecule has 0 fully saturated rings. The van der Waals surface area contributed by atoms with E-state index in [2.05, 4.69) is 28.1 Å². The fraction of sp³-hybridized carbons (Fsp3) is 0.188. The van der Waals surface area contributed by atoms with Crippen LogP contribution in [0.25, 0.3) is 10.2 Å². The number of para-hydroxylation sites is 1. The van der Waals surface area contributed by atoms with Gasteiger partial charge in [0.15, 0.2) is 0 Å². The van der Waals surface area contributed by atoms with Crippen LogP contribution in [-0.2, 0) is 6.54 Å². The summed E-state index contributed by atoms with van der Waals surface area (Å²) >= 11 is 1.62. The van der Waals surface area contributed by atoms with Crippen LogP contribution in [0.4, 0.5) is 11.4 Å². The molecule has 106 valence electrons. The number of rotatable bonds is 1. The summed E-state index contributed by atoms with van der Waals surface area (Å²) in [5.41, 5.74) is 12.0. The second-order valence-electron chi connectivity index (χ2n) is 5.08. The van der Waals surface area contributed by atoms with Crippen molar-refractivity contribution in [1.82, 2.24) is 4.98 Å². The van der Waals surface area contributed by atoms with Gasteiger partial charge >= 0.3 is 0 Å². The maximum Gasteiger partial charge on any atom is 0.124 e. The van der Waals surface area contributed by atoms with Crippen LogP contribution in [-0.4, -0.2) is 18.1 Å². The quantitative estimate of drug-likeness (QED) is 0.700. The topological polar surface area (TPSA) is 51.4 Å². The predicted octanol–water partition coefficient (Wildman–Crippen LogP) is 3.28. The number of hydrogen-bond acceptors (Lipinski definition) is 5. The molecule has 0 radical (unpaired) electrons. The van der Waals surface area contributed by atoms with Gasteiger partial charge in [-0.2, -0.15) is 0 Å². The van der Waals surface area contributed by atoms with E-state index in [1.807, 2.05) is 23.7 Å². The van der Waals surface area contributed by atoms with E-state index in [-0.39, 0.29) is 0 Å². The molecule has 0 amide bonds. The average molecular weight is 297 g/mol. The van der Waals surface area contributed by atoms with Crippen molar-refractivity contribution in [2.45, 2.75) is 6.54 Å². The van der Waals surface area contributed by atoms with E-state index in [1.165, 1.54) is 5.56 Å². The molecule has 2 N–H and O–H groups in total. The van der Waals surface area contributed by atoms with Crippen LogP contribution in [0.2, 0.25) is 0 Å². The first-order valence-corrected chi connectivity index (χ1v) is 7.78. The van der Waals surface area contributed by atoms with Gasteiger partial charge in [0.05, 0.1) is 28.1 Å². The number of hydrogen-bond donors (Lipinski definition) is 1. The van der Waals surface area contributed by atoms with Gasteiger partial charge in [-0.25, -0.2) is 4.98 Å². The van der Waals surface area contributed by atoms with Crippen LogP contribution < -0.4 is 15.4 Å². The van der Waals surface area contributed by atoms with Gasteiger partial charge in [-0.15, -0.1) is 11.3 Å². The Balaban J connectivity index is 1.76. The molecular formula is C16H15N3OS. The summed E-state index contributed by atoms with van der Waals surface area (Å²) in [5.74, 6) is 0.966. The summed E-state index contributed by atoms with van der Waals surface area (Å²) in [7, 11) is 0. The summed E-state index contributed by atoms with van der Waals surface area (Å²) in [4.78, 5) is 6.64. The Morgan fingerprint density at radius 1 is 1.19 bits per heavy atom. The number of thiazole rings is 1. The highest BCUT2D eigenvalue weighted by atomic mass is 32.1. The second kappa shape index (κ2) is 4.93. The summed E-state index contributed by atoms with van der Waals surface area (Å²) in [6, 6.07) is 12.3. The zero-order valence-corrected chi connectivity index (χ0v) is 12.3. The molecular weight excluding hydrogens is 282 g/mol. The summed E-state index contributed by atoms with van der Waals surface area (Å²) < 4.78 is 6.94. The van der Waals surface area contributed by atoms with Crippen molar-refractivity contribution in [2.24, 2.45) is 0 Å². The van der Waals surface area contributed by atoms with Gasteiger partial charge in [0, 0.05) is 12.1 Å². The Kier molecular flexibility index (Phi) is 2.93. The van der Waals surface area contributed by atoms with E-state index in [9.17, 15) is 0 Å². The maximum atomic E-state index is 6.33.